The molecular weight excluding hydrogens is 328 g/mol. The standard InChI is InChI=1S/C20H22N4O2/c1-2-17-23-20(26-24-17)16-10-8-14(9-11-16)12-13-22-19(25)18(21)15-6-4-3-5-7-15/h3-11,18H,2,12-13,21H2,1H3,(H,22,25). The van der Waals surface area contributed by atoms with Crippen LogP contribution in [0.25, 0.3) is 11.5 Å². The van der Waals surface area contributed by atoms with Gasteiger partial charge in [-0.15, -0.1) is 0 Å². The molecule has 3 aromatic rings. The highest BCUT2D eigenvalue weighted by atomic mass is 16.5. The largest absolute Gasteiger partial charge is 0.354 e. The lowest BCUT2D eigenvalue weighted by atomic mass is 10.1. The van der Waals surface area contributed by atoms with E-state index in [9.17, 15) is 4.79 Å². The van der Waals surface area contributed by atoms with Gasteiger partial charge in [-0.1, -0.05) is 54.5 Å². The Bertz CT molecular complexity index is 844. The van der Waals surface area contributed by atoms with Gasteiger partial charge in [-0.3, -0.25) is 4.79 Å². The first kappa shape index (κ1) is 17.8. The number of hydrogen-bond acceptors (Lipinski definition) is 5. The van der Waals surface area contributed by atoms with Crippen molar-refractivity contribution in [3.8, 4) is 11.5 Å². The summed E-state index contributed by atoms with van der Waals surface area (Å²) < 4.78 is 5.23. The normalized spacial score (nSPS) is 11.9. The van der Waals surface area contributed by atoms with Crippen LogP contribution in [0.1, 0.15) is 29.9 Å². The first-order chi connectivity index (χ1) is 12.7. The molecule has 3 rings (SSSR count). The fraction of sp³-hybridized carbons (Fsp3) is 0.250. The molecule has 1 amide bonds. The zero-order valence-electron chi connectivity index (χ0n) is 14.7. The fourth-order valence-corrected chi connectivity index (χ4v) is 2.58. The molecule has 0 aliphatic heterocycles. The van der Waals surface area contributed by atoms with Crippen molar-refractivity contribution in [3.63, 3.8) is 0 Å². The molecule has 0 bridgehead atoms. The molecule has 0 saturated heterocycles. The van der Waals surface area contributed by atoms with Gasteiger partial charge in [-0.2, -0.15) is 4.98 Å². The molecule has 1 atom stereocenters. The van der Waals surface area contributed by atoms with E-state index in [1.807, 2.05) is 61.5 Å². The van der Waals surface area contributed by atoms with E-state index in [0.717, 1.165) is 29.5 Å². The lowest BCUT2D eigenvalue weighted by molar-refractivity contribution is -0.122. The molecule has 1 heterocycles. The molecule has 0 radical (unpaired) electrons. The van der Waals surface area contributed by atoms with Crippen molar-refractivity contribution in [1.82, 2.24) is 15.5 Å². The summed E-state index contributed by atoms with van der Waals surface area (Å²) in [5.41, 5.74) is 8.78. The number of amides is 1. The second kappa shape index (κ2) is 8.40. The number of rotatable bonds is 7. The molecule has 6 heteroatoms. The Balaban J connectivity index is 1.51. The number of aryl methyl sites for hydroxylation is 1. The third-order valence-electron chi connectivity index (χ3n) is 4.14. The number of carbonyl (C=O) groups excluding carboxylic acids is 1. The van der Waals surface area contributed by atoms with Crippen LogP contribution in [0.2, 0.25) is 0 Å². The van der Waals surface area contributed by atoms with E-state index >= 15 is 0 Å². The van der Waals surface area contributed by atoms with Crippen LogP contribution in [0.15, 0.2) is 59.1 Å². The first-order valence-corrected chi connectivity index (χ1v) is 8.67. The highest BCUT2D eigenvalue weighted by molar-refractivity contribution is 5.82. The summed E-state index contributed by atoms with van der Waals surface area (Å²) in [6.07, 6.45) is 1.46. The van der Waals surface area contributed by atoms with Crippen LogP contribution in [0, 0.1) is 0 Å². The molecule has 0 spiro atoms. The second-order valence-corrected chi connectivity index (χ2v) is 6.00. The first-order valence-electron chi connectivity index (χ1n) is 8.67. The van der Waals surface area contributed by atoms with Crippen LogP contribution in [0.4, 0.5) is 0 Å². The Morgan fingerprint density at radius 1 is 1.15 bits per heavy atom. The van der Waals surface area contributed by atoms with Crippen LogP contribution < -0.4 is 11.1 Å². The van der Waals surface area contributed by atoms with Crippen molar-refractivity contribution in [2.45, 2.75) is 25.8 Å². The minimum atomic E-state index is -0.649. The molecule has 0 saturated carbocycles. The average Bonchev–Trinajstić information content (AvgIpc) is 3.18. The van der Waals surface area contributed by atoms with E-state index in [2.05, 4.69) is 15.5 Å². The predicted molar refractivity (Wildman–Crippen MR) is 99.2 cm³/mol. The Labute approximate surface area is 152 Å². The van der Waals surface area contributed by atoms with Crippen LogP contribution in [0.5, 0.6) is 0 Å². The summed E-state index contributed by atoms with van der Waals surface area (Å²) in [5, 5.41) is 6.78. The van der Waals surface area contributed by atoms with Crippen molar-refractivity contribution in [3.05, 3.63) is 71.5 Å². The van der Waals surface area contributed by atoms with Crippen molar-refractivity contribution in [2.75, 3.05) is 6.54 Å². The molecule has 1 aromatic heterocycles. The molecule has 2 aromatic carbocycles. The van der Waals surface area contributed by atoms with Gasteiger partial charge in [0.1, 0.15) is 6.04 Å². The minimum absolute atomic E-state index is 0.175. The molecule has 1 unspecified atom stereocenters. The maximum Gasteiger partial charge on any atom is 0.257 e. The summed E-state index contributed by atoms with van der Waals surface area (Å²) in [7, 11) is 0. The second-order valence-electron chi connectivity index (χ2n) is 6.00. The zero-order valence-corrected chi connectivity index (χ0v) is 14.7. The average molecular weight is 350 g/mol. The topological polar surface area (TPSA) is 94.0 Å². The number of nitrogens with two attached hydrogens (primary N) is 1. The Morgan fingerprint density at radius 3 is 2.54 bits per heavy atom. The molecule has 0 aliphatic rings. The summed E-state index contributed by atoms with van der Waals surface area (Å²) in [6, 6.07) is 16.6. The van der Waals surface area contributed by atoms with E-state index in [1.165, 1.54) is 0 Å². The maximum absolute atomic E-state index is 12.1. The molecular formula is C20H22N4O2. The summed E-state index contributed by atoms with van der Waals surface area (Å²) >= 11 is 0. The van der Waals surface area contributed by atoms with E-state index < -0.39 is 6.04 Å². The van der Waals surface area contributed by atoms with Gasteiger partial charge in [0, 0.05) is 18.5 Å². The van der Waals surface area contributed by atoms with Crippen molar-refractivity contribution < 1.29 is 9.32 Å². The summed E-state index contributed by atoms with van der Waals surface area (Å²) in [6.45, 7) is 2.51. The number of carbonyl (C=O) groups is 1. The highest BCUT2D eigenvalue weighted by Crippen LogP contribution is 2.18. The highest BCUT2D eigenvalue weighted by Gasteiger charge is 2.14. The molecule has 3 N–H and O–H groups in total. The van der Waals surface area contributed by atoms with Gasteiger partial charge in [0.05, 0.1) is 0 Å². The predicted octanol–water partition coefficient (Wildman–Crippen LogP) is 2.66. The monoisotopic (exact) mass is 350 g/mol. The lowest BCUT2D eigenvalue weighted by Crippen LogP contribution is -2.35. The summed E-state index contributed by atoms with van der Waals surface area (Å²) in [5.74, 6) is 1.04. The van der Waals surface area contributed by atoms with Crippen LogP contribution in [-0.4, -0.2) is 22.6 Å². The van der Waals surface area contributed by atoms with Gasteiger partial charge < -0.3 is 15.6 Å². The molecule has 26 heavy (non-hydrogen) atoms. The van der Waals surface area contributed by atoms with E-state index in [1.54, 1.807) is 0 Å². The van der Waals surface area contributed by atoms with Gasteiger partial charge in [-0.05, 0) is 29.7 Å². The summed E-state index contributed by atoms with van der Waals surface area (Å²) in [4.78, 5) is 16.5. The van der Waals surface area contributed by atoms with Gasteiger partial charge >= 0.3 is 0 Å². The number of nitrogens with zero attached hydrogens (tertiary/aromatic N) is 2. The maximum atomic E-state index is 12.1. The smallest absolute Gasteiger partial charge is 0.257 e. The Kier molecular flexibility index (Phi) is 5.76. The number of benzene rings is 2. The molecule has 134 valence electrons. The van der Waals surface area contributed by atoms with Gasteiger partial charge in [-0.25, -0.2) is 0 Å². The van der Waals surface area contributed by atoms with Crippen LogP contribution >= 0.6 is 0 Å². The quantitative estimate of drug-likeness (QED) is 0.683. The Hall–Kier alpha value is -2.99. The molecule has 0 aliphatic carbocycles. The van der Waals surface area contributed by atoms with Gasteiger partial charge in [0.2, 0.25) is 5.91 Å². The zero-order chi connectivity index (χ0) is 18.4. The fourth-order valence-electron chi connectivity index (χ4n) is 2.58. The third kappa shape index (κ3) is 4.34. The van der Waals surface area contributed by atoms with E-state index in [4.69, 9.17) is 10.3 Å². The van der Waals surface area contributed by atoms with E-state index in [-0.39, 0.29) is 5.91 Å². The Morgan fingerprint density at radius 2 is 1.88 bits per heavy atom. The van der Waals surface area contributed by atoms with Crippen LogP contribution in [-0.2, 0) is 17.6 Å². The minimum Gasteiger partial charge on any atom is -0.354 e. The third-order valence-corrected chi connectivity index (χ3v) is 4.14. The van der Waals surface area contributed by atoms with Gasteiger partial charge in [0.25, 0.3) is 5.89 Å². The van der Waals surface area contributed by atoms with Crippen molar-refractivity contribution in [1.29, 1.82) is 0 Å². The number of nitrogens with one attached hydrogen (secondary N) is 1. The number of hydrogen-bond donors (Lipinski definition) is 2. The number of aromatic nitrogens is 2. The molecule has 6 nitrogen and oxygen atoms in total. The van der Waals surface area contributed by atoms with Crippen molar-refractivity contribution >= 4 is 5.91 Å². The van der Waals surface area contributed by atoms with Crippen LogP contribution in [0.3, 0.4) is 0 Å². The lowest BCUT2D eigenvalue weighted by Gasteiger charge is -2.12. The van der Waals surface area contributed by atoms with Crippen molar-refractivity contribution in [2.24, 2.45) is 5.73 Å². The van der Waals surface area contributed by atoms with E-state index in [0.29, 0.717) is 18.3 Å². The van der Waals surface area contributed by atoms with Gasteiger partial charge in [0.15, 0.2) is 5.82 Å². The molecule has 0 fully saturated rings. The SMILES string of the molecule is CCc1noc(-c2ccc(CCNC(=O)C(N)c3ccccc3)cc2)n1.